The molecule has 0 radical (unpaired) electrons. The van der Waals surface area contributed by atoms with Gasteiger partial charge in [0.05, 0.1) is 19.6 Å². The van der Waals surface area contributed by atoms with Crippen LogP contribution >= 0.6 is 0 Å². The van der Waals surface area contributed by atoms with Crippen LogP contribution < -0.4 is 10.6 Å². The van der Waals surface area contributed by atoms with E-state index in [0.717, 1.165) is 35.7 Å². The number of aliphatic imine (C=N–C) groups is 1. The minimum atomic E-state index is -1.07. The Bertz CT molecular complexity index is 973. The summed E-state index contributed by atoms with van der Waals surface area (Å²) >= 11 is 0. The van der Waals surface area contributed by atoms with Crippen LogP contribution in [0.2, 0.25) is 0 Å². The summed E-state index contributed by atoms with van der Waals surface area (Å²) in [5.41, 5.74) is 2.01. The van der Waals surface area contributed by atoms with Gasteiger partial charge in [-0.25, -0.2) is 4.99 Å². The Morgan fingerprint density at radius 2 is 2.00 bits per heavy atom. The van der Waals surface area contributed by atoms with Crippen molar-refractivity contribution < 1.29 is 9.52 Å². The van der Waals surface area contributed by atoms with Gasteiger partial charge < -0.3 is 20.2 Å². The molecule has 2 aromatic heterocycles. The molecule has 0 fully saturated rings. The van der Waals surface area contributed by atoms with Gasteiger partial charge in [-0.1, -0.05) is 24.3 Å². The number of nitrogens with zero attached hydrogens (tertiary/aromatic N) is 3. The third kappa shape index (κ3) is 5.73. The number of rotatable bonds is 8. The second kappa shape index (κ2) is 9.63. The van der Waals surface area contributed by atoms with Crippen LogP contribution in [0.15, 0.2) is 58.2 Å². The quantitative estimate of drug-likeness (QED) is 0.393. The second-order valence-corrected chi connectivity index (χ2v) is 7.67. The summed E-state index contributed by atoms with van der Waals surface area (Å²) < 4.78 is 7.47. The van der Waals surface area contributed by atoms with E-state index in [-0.39, 0.29) is 0 Å². The molecule has 7 heteroatoms. The molecule has 0 aliphatic rings. The van der Waals surface area contributed by atoms with Gasteiger partial charge in [0, 0.05) is 24.5 Å². The highest BCUT2D eigenvalue weighted by atomic mass is 16.3. The molecule has 0 saturated carbocycles. The number of furan rings is 1. The van der Waals surface area contributed by atoms with Gasteiger partial charge in [-0.3, -0.25) is 4.68 Å². The first kappa shape index (κ1) is 21.6. The van der Waals surface area contributed by atoms with Crippen LogP contribution in [0.3, 0.4) is 0 Å². The van der Waals surface area contributed by atoms with E-state index < -0.39 is 5.60 Å². The largest absolute Gasteiger partial charge is 0.466 e. The molecule has 0 aliphatic carbocycles. The van der Waals surface area contributed by atoms with E-state index >= 15 is 0 Å². The van der Waals surface area contributed by atoms with E-state index in [2.05, 4.69) is 38.9 Å². The first-order valence-corrected chi connectivity index (χ1v) is 10.2. The first-order chi connectivity index (χ1) is 14.4. The fraction of sp³-hybridized carbons (Fsp3) is 0.391. The average Bonchev–Trinajstić information content (AvgIpc) is 3.33. The Morgan fingerprint density at radius 3 is 2.67 bits per heavy atom. The van der Waals surface area contributed by atoms with Crippen LogP contribution in [0.1, 0.15) is 42.1 Å². The molecule has 0 bridgehead atoms. The topological polar surface area (TPSA) is 87.6 Å². The predicted molar refractivity (Wildman–Crippen MR) is 118 cm³/mol. The molecule has 3 aromatic rings. The van der Waals surface area contributed by atoms with Crippen molar-refractivity contribution in [2.24, 2.45) is 4.99 Å². The number of nitrogens with one attached hydrogen (secondary N) is 2. The van der Waals surface area contributed by atoms with Crippen LogP contribution in [0.25, 0.3) is 0 Å². The van der Waals surface area contributed by atoms with Crippen LogP contribution in [0.4, 0.5) is 0 Å². The van der Waals surface area contributed by atoms with Gasteiger partial charge in [0.1, 0.15) is 17.1 Å². The molecule has 30 heavy (non-hydrogen) atoms. The molecule has 1 atom stereocenters. The fourth-order valence-corrected chi connectivity index (χ4v) is 3.44. The number of aromatic nitrogens is 2. The van der Waals surface area contributed by atoms with Crippen molar-refractivity contribution in [3.05, 3.63) is 77.0 Å². The zero-order chi connectivity index (χ0) is 21.6. The van der Waals surface area contributed by atoms with Gasteiger partial charge in [0.2, 0.25) is 0 Å². The van der Waals surface area contributed by atoms with Crippen LogP contribution in [0, 0.1) is 13.8 Å². The van der Waals surface area contributed by atoms with Gasteiger partial charge in [0.15, 0.2) is 5.96 Å². The van der Waals surface area contributed by atoms with Crippen molar-refractivity contribution >= 4 is 5.96 Å². The number of aliphatic hydroxyl groups is 1. The smallest absolute Gasteiger partial charge is 0.191 e. The molecule has 160 valence electrons. The second-order valence-electron chi connectivity index (χ2n) is 7.67. The maximum atomic E-state index is 10.9. The fourth-order valence-electron chi connectivity index (χ4n) is 3.44. The van der Waals surface area contributed by atoms with E-state index in [1.54, 1.807) is 13.1 Å². The van der Waals surface area contributed by atoms with Crippen molar-refractivity contribution in [1.29, 1.82) is 0 Å². The Balaban J connectivity index is 1.65. The van der Waals surface area contributed by atoms with Gasteiger partial charge >= 0.3 is 0 Å². The molecular formula is C23H31N5O2. The van der Waals surface area contributed by atoms with Gasteiger partial charge in [-0.15, -0.1) is 0 Å². The van der Waals surface area contributed by atoms with E-state index in [4.69, 9.17) is 4.42 Å². The standard InChI is InChI=1S/C23H31N5O2/c1-5-24-22(26-16-23(4,29)21-12-17(2)30-18(21)3)25-14-19-8-6-9-20(13-19)15-28-11-7-10-27-28/h6-13,29H,5,14-16H2,1-4H3,(H2,24,25,26). The molecule has 0 amide bonds. The van der Waals surface area contributed by atoms with E-state index in [0.29, 0.717) is 19.0 Å². The van der Waals surface area contributed by atoms with E-state index in [1.807, 2.05) is 49.8 Å². The van der Waals surface area contributed by atoms with Crippen molar-refractivity contribution in [3.63, 3.8) is 0 Å². The average molecular weight is 410 g/mol. The van der Waals surface area contributed by atoms with E-state index in [9.17, 15) is 5.11 Å². The normalized spacial score (nSPS) is 13.8. The van der Waals surface area contributed by atoms with Crippen molar-refractivity contribution in [1.82, 2.24) is 20.4 Å². The Labute approximate surface area is 177 Å². The van der Waals surface area contributed by atoms with E-state index in [1.165, 1.54) is 5.56 Å². The first-order valence-electron chi connectivity index (χ1n) is 10.2. The summed E-state index contributed by atoms with van der Waals surface area (Å²) in [5, 5.41) is 21.7. The minimum Gasteiger partial charge on any atom is -0.466 e. The Morgan fingerprint density at radius 1 is 1.20 bits per heavy atom. The molecule has 0 spiro atoms. The molecule has 2 heterocycles. The van der Waals surface area contributed by atoms with Crippen LogP contribution in [-0.2, 0) is 18.7 Å². The lowest BCUT2D eigenvalue weighted by molar-refractivity contribution is 0.0601. The third-order valence-electron chi connectivity index (χ3n) is 4.88. The van der Waals surface area contributed by atoms with Crippen molar-refractivity contribution in [2.75, 3.05) is 13.1 Å². The molecule has 3 N–H and O–H groups in total. The predicted octanol–water partition coefficient (Wildman–Crippen LogP) is 3.10. The number of hydrogen-bond acceptors (Lipinski definition) is 4. The number of benzene rings is 1. The Hall–Kier alpha value is -3.06. The summed E-state index contributed by atoms with van der Waals surface area (Å²) in [6, 6.07) is 12.1. The summed E-state index contributed by atoms with van der Waals surface area (Å²) in [4.78, 5) is 4.68. The molecule has 7 nitrogen and oxygen atoms in total. The molecule has 3 rings (SSSR count). The highest BCUT2D eigenvalue weighted by Gasteiger charge is 2.27. The molecule has 0 saturated heterocycles. The maximum absolute atomic E-state index is 10.9. The van der Waals surface area contributed by atoms with Crippen LogP contribution in [-0.4, -0.2) is 33.9 Å². The monoisotopic (exact) mass is 409 g/mol. The molecule has 1 aromatic carbocycles. The van der Waals surface area contributed by atoms with Crippen LogP contribution in [0.5, 0.6) is 0 Å². The summed E-state index contributed by atoms with van der Waals surface area (Å²) in [7, 11) is 0. The summed E-state index contributed by atoms with van der Waals surface area (Å²) in [5.74, 6) is 2.18. The zero-order valence-electron chi connectivity index (χ0n) is 18.1. The third-order valence-corrected chi connectivity index (χ3v) is 4.88. The lowest BCUT2D eigenvalue weighted by atomic mass is 9.96. The van der Waals surface area contributed by atoms with Gasteiger partial charge in [-0.05, 0) is 51.0 Å². The lowest BCUT2D eigenvalue weighted by Gasteiger charge is -2.24. The SMILES string of the molecule is CCNC(=NCc1cccc(Cn2cccn2)c1)NCC(C)(O)c1cc(C)oc1C. The molecule has 0 aliphatic heterocycles. The van der Waals surface area contributed by atoms with Crippen molar-refractivity contribution in [3.8, 4) is 0 Å². The lowest BCUT2D eigenvalue weighted by Crippen LogP contribution is -2.44. The zero-order valence-corrected chi connectivity index (χ0v) is 18.1. The molecule has 1 unspecified atom stereocenters. The van der Waals surface area contributed by atoms with Gasteiger partial charge in [-0.2, -0.15) is 5.10 Å². The molecular weight excluding hydrogens is 378 g/mol. The number of aryl methyl sites for hydroxylation is 2. The highest BCUT2D eigenvalue weighted by molar-refractivity contribution is 5.79. The maximum Gasteiger partial charge on any atom is 0.191 e. The number of guanidine groups is 1. The summed E-state index contributed by atoms with van der Waals surface area (Å²) in [6.07, 6.45) is 3.73. The minimum absolute atomic E-state index is 0.317. The number of hydrogen-bond donors (Lipinski definition) is 3. The summed E-state index contributed by atoms with van der Waals surface area (Å²) in [6.45, 7) is 9.86. The Kier molecular flexibility index (Phi) is 6.95. The van der Waals surface area contributed by atoms with Gasteiger partial charge in [0.25, 0.3) is 0 Å². The van der Waals surface area contributed by atoms with Crippen molar-refractivity contribution in [2.45, 2.75) is 46.4 Å². The highest BCUT2D eigenvalue weighted by Crippen LogP contribution is 2.26.